The van der Waals surface area contributed by atoms with Gasteiger partial charge in [-0.25, -0.2) is 9.78 Å². The smallest absolute Gasteiger partial charge is 0.370 e. The van der Waals surface area contributed by atoms with Crippen LogP contribution in [0.1, 0.15) is 12.1 Å². The Balaban J connectivity index is 1.56. The molecule has 14 heteroatoms. The summed E-state index contributed by atoms with van der Waals surface area (Å²) in [5, 5.41) is 16.9. The molecule has 0 aliphatic carbocycles. The van der Waals surface area contributed by atoms with E-state index in [-0.39, 0.29) is 23.0 Å². The number of β-lactam (4-membered cyclic amide) rings is 1. The van der Waals surface area contributed by atoms with Crippen molar-refractivity contribution in [2.45, 2.75) is 23.6 Å². The number of aromatic nitrogens is 1. The maximum absolute atomic E-state index is 12.8. The number of esters is 1. The lowest BCUT2D eigenvalue weighted by Crippen LogP contribution is -2.80. The molecule has 4 rings (SSSR count). The molecule has 3 aliphatic rings. The first-order valence-electron chi connectivity index (χ1n) is 8.33. The molecule has 4 N–H and O–H groups in total. The van der Waals surface area contributed by atoms with Gasteiger partial charge in [-0.2, -0.15) is 0 Å². The molecule has 3 fully saturated rings. The minimum absolute atomic E-state index is 0.0806. The SMILES string of the molecule is CO/N=C(\C(=O)N[C@@H]1C(=O)N2[C@@H]1SC[C@@H]1CC(=O)O[C@@]12C(=O)O)c1csc(N)n1. The molecule has 3 aliphatic heterocycles. The highest BCUT2D eigenvalue weighted by atomic mass is 32.2. The molecule has 154 valence electrons. The number of carboxylic acid groups (broad SMARTS) is 1. The van der Waals surface area contributed by atoms with Crippen LogP contribution in [-0.2, 0) is 28.8 Å². The van der Waals surface area contributed by atoms with E-state index in [0.717, 1.165) is 16.2 Å². The third-order valence-corrected chi connectivity index (χ3v) is 6.95. The summed E-state index contributed by atoms with van der Waals surface area (Å²) in [6.45, 7) is 0. The third kappa shape index (κ3) is 2.81. The number of nitrogens with one attached hydrogen (secondary N) is 1. The molecule has 0 unspecified atom stereocenters. The van der Waals surface area contributed by atoms with Crippen LogP contribution < -0.4 is 11.1 Å². The van der Waals surface area contributed by atoms with E-state index in [0.29, 0.717) is 5.75 Å². The first-order valence-corrected chi connectivity index (χ1v) is 10.3. The Bertz CT molecular complexity index is 949. The third-order valence-electron chi connectivity index (χ3n) is 4.86. The van der Waals surface area contributed by atoms with Crippen molar-refractivity contribution < 1.29 is 33.9 Å². The first kappa shape index (κ1) is 19.4. The summed E-state index contributed by atoms with van der Waals surface area (Å²) < 4.78 is 5.10. The van der Waals surface area contributed by atoms with Crippen LogP contribution in [-0.4, -0.2) is 74.5 Å². The highest BCUT2D eigenvalue weighted by Gasteiger charge is 2.71. The molecule has 0 spiro atoms. The highest BCUT2D eigenvalue weighted by Crippen LogP contribution is 2.51. The number of thiazole rings is 1. The molecular formula is C15H15N5O7S2. The topological polar surface area (TPSA) is 174 Å². The number of carbonyl (C=O) groups excluding carboxylic acids is 3. The van der Waals surface area contributed by atoms with Crippen molar-refractivity contribution in [3.63, 3.8) is 0 Å². The fourth-order valence-electron chi connectivity index (χ4n) is 3.61. The molecule has 0 saturated carbocycles. The normalized spacial score (nSPS) is 30.7. The van der Waals surface area contributed by atoms with Crippen molar-refractivity contribution in [3.8, 4) is 0 Å². The highest BCUT2D eigenvalue weighted by molar-refractivity contribution is 8.00. The van der Waals surface area contributed by atoms with E-state index in [1.165, 1.54) is 24.3 Å². The quantitative estimate of drug-likeness (QED) is 0.218. The summed E-state index contributed by atoms with van der Waals surface area (Å²) in [6.07, 6.45) is -0.0806. The Morgan fingerprint density at radius 2 is 2.28 bits per heavy atom. The van der Waals surface area contributed by atoms with E-state index in [4.69, 9.17) is 10.5 Å². The Kier molecular flexibility index (Phi) is 4.61. The number of rotatable bonds is 5. The number of aliphatic carboxylic acids is 1. The predicted octanol–water partition coefficient (Wildman–Crippen LogP) is -1.18. The van der Waals surface area contributed by atoms with Crippen molar-refractivity contribution in [2.75, 3.05) is 18.6 Å². The number of amides is 2. The Hall–Kier alpha value is -2.87. The minimum atomic E-state index is -2.03. The van der Waals surface area contributed by atoms with Gasteiger partial charge in [-0.15, -0.1) is 23.1 Å². The fourth-order valence-corrected chi connectivity index (χ4v) is 5.72. The van der Waals surface area contributed by atoms with Gasteiger partial charge in [0.25, 0.3) is 17.5 Å². The zero-order valence-electron chi connectivity index (χ0n) is 14.9. The zero-order valence-corrected chi connectivity index (χ0v) is 16.5. The van der Waals surface area contributed by atoms with Gasteiger partial charge in [-0.3, -0.25) is 19.3 Å². The molecule has 12 nitrogen and oxygen atoms in total. The first-order chi connectivity index (χ1) is 13.8. The van der Waals surface area contributed by atoms with Gasteiger partial charge in [0.1, 0.15) is 24.2 Å². The Morgan fingerprint density at radius 1 is 1.52 bits per heavy atom. The number of oxime groups is 1. The van der Waals surface area contributed by atoms with E-state index < -0.39 is 46.8 Å². The number of fused-ring (bicyclic) bond motifs is 3. The second-order valence-corrected chi connectivity index (χ2v) is 8.49. The fraction of sp³-hybridized carbons (Fsp3) is 0.467. The van der Waals surface area contributed by atoms with Gasteiger partial charge < -0.3 is 25.7 Å². The molecule has 0 aromatic carbocycles. The molecule has 4 atom stereocenters. The van der Waals surface area contributed by atoms with Crippen LogP contribution in [0, 0.1) is 5.92 Å². The van der Waals surface area contributed by atoms with Crippen LogP contribution >= 0.6 is 23.1 Å². The summed E-state index contributed by atoms with van der Waals surface area (Å²) in [6, 6.07) is -1.01. The van der Waals surface area contributed by atoms with E-state index >= 15 is 0 Å². The lowest BCUT2D eigenvalue weighted by Gasteiger charge is -2.56. The van der Waals surface area contributed by atoms with Gasteiger partial charge in [0, 0.05) is 17.1 Å². The predicted molar refractivity (Wildman–Crippen MR) is 99.7 cm³/mol. The number of hydrogen-bond donors (Lipinski definition) is 3. The van der Waals surface area contributed by atoms with Gasteiger partial charge in [-0.1, -0.05) is 5.16 Å². The number of ether oxygens (including phenoxy) is 1. The molecule has 3 saturated heterocycles. The number of hydrogen-bond acceptors (Lipinski definition) is 11. The van der Waals surface area contributed by atoms with E-state index in [1.54, 1.807) is 0 Å². The van der Waals surface area contributed by atoms with Crippen molar-refractivity contribution >= 4 is 57.7 Å². The number of thioether (sulfide) groups is 1. The van der Waals surface area contributed by atoms with Crippen LogP contribution in [0.5, 0.6) is 0 Å². The molecule has 29 heavy (non-hydrogen) atoms. The second-order valence-electron chi connectivity index (χ2n) is 6.45. The van der Waals surface area contributed by atoms with Gasteiger partial charge in [0.05, 0.1) is 6.42 Å². The lowest BCUT2D eigenvalue weighted by atomic mass is 9.89. The van der Waals surface area contributed by atoms with Gasteiger partial charge in [0.15, 0.2) is 10.8 Å². The van der Waals surface area contributed by atoms with Gasteiger partial charge in [0.2, 0.25) is 0 Å². The van der Waals surface area contributed by atoms with E-state index in [2.05, 4.69) is 20.3 Å². The summed E-state index contributed by atoms with van der Waals surface area (Å²) in [5.41, 5.74) is 3.56. The Labute approximate surface area is 171 Å². The number of carboxylic acids is 1. The van der Waals surface area contributed by atoms with Crippen LogP contribution in [0.15, 0.2) is 10.5 Å². The monoisotopic (exact) mass is 441 g/mol. The second kappa shape index (κ2) is 6.88. The maximum atomic E-state index is 12.8. The molecule has 1 aromatic heterocycles. The van der Waals surface area contributed by atoms with Crippen molar-refractivity contribution in [2.24, 2.45) is 11.1 Å². The van der Waals surface area contributed by atoms with E-state index in [9.17, 15) is 24.3 Å². The van der Waals surface area contributed by atoms with Crippen LogP contribution in [0.3, 0.4) is 0 Å². The average Bonchev–Trinajstić information content (AvgIpc) is 3.25. The number of nitrogens with two attached hydrogens (primary N) is 1. The van der Waals surface area contributed by atoms with E-state index in [1.807, 2.05) is 0 Å². The maximum Gasteiger partial charge on any atom is 0.370 e. The molecular weight excluding hydrogens is 426 g/mol. The number of nitrogen functional groups attached to an aromatic ring is 1. The largest absolute Gasteiger partial charge is 0.477 e. The minimum Gasteiger partial charge on any atom is -0.477 e. The Morgan fingerprint density at radius 3 is 2.90 bits per heavy atom. The van der Waals surface area contributed by atoms with Gasteiger partial charge >= 0.3 is 11.9 Å². The molecule has 0 bridgehead atoms. The number of anilines is 1. The average molecular weight is 441 g/mol. The standard InChI is InChI=1S/C15H15N5O7S2/c1-26-19-8(6-4-29-14(16)17-6)10(22)18-9-11(23)20-12(9)28-3-5-2-7(21)27-15(5,20)13(24)25/h4-5,9,12H,2-3H2,1H3,(H2,16,17)(H,18,22)(H,24,25)/b19-8-/t5-,9+,12+,15+/m0/s1. The molecule has 0 radical (unpaired) electrons. The van der Waals surface area contributed by atoms with Crippen molar-refractivity contribution in [1.29, 1.82) is 0 Å². The van der Waals surface area contributed by atoms with Crippen molar-refractivity contribution in [3.05, 3.63) is 11.1 Å². The number of nitrogens with zero attached hydrogens (tertiary/aromatic N) is 3. The summed E-state index contributed by atoms with van der Waals surface area (Å²) in [4.78, 5) is 58.8. The van der Waals surface area contributed by atoms with Gasteiger partial charge in [-0.05, 0) is 0 Å². The van der Waals surface area contributed by atoms with Crippen LogP contribution in [0.4, 0.5) is 5.13 Å². The molecule has 4 heterocycles. The van der Waals surface area contributed by atoms with Crippen molar-refractivity contribution in [1.82, 2.24) is 15.2 Å². The number of carbonyl (C=O) groups is 4. The molecule has 1 aromatic rings. The molecule has 2 amide bonds. The lowest BCUT2D eigenvalue weighted by molar-refractivity contribution is -0.215. The summed E-state index contributed by atoms with van der Waals surface area (Å²) in [7, 11) is 1.25. The summed E-state index contributed by atoms with van der Waals surface area (Å²) in [5.74, 6) is -3.83. The van der Waals surface area contributed by atoms with Crippen LogP contribution in [0.25, 0.3) is 0 Å². The zero-order chi connectivity index (χ0) is 20.9. The summed E-state index contributed by atoms with van der Waals surface area (Å²) >= 11 is 2.38. The van der Waals surface area contributed by atoms with Crippen LogP contribution in [0.2, 0.25) is 0 Å².